The normalized spacial score (nSPS) is 14.8. The molecule has 0 spiro atoms. The number of pyridine rings is 1. The van der Waals surface area contributed by atoms with Crippen LogP contribution in [0.2, 0.25) is 0 Å². The van der Waals surface area contributed by atoms with E-state index in [4.69, 9.17) is 15.5 Å². The van der Waals surface area contributed by atoms with E-state index in [0.717, 1.165) is 65.5 Å². The van der Waals surface area contributed by atoms with Crippen molar-refractivity contribution >= 4 is 27.9 Å². The average molecular weight is 481 g/mol. The molecule has 178 valence electrons. The van der Waals surface area contributed by atoms with Gasteiger partial charge in [-0.05, 0) is 39.7 Å². The molecule has 0 amide bonds. The molecule has 3 aromatic heterocycles. The zero-order valence-electron chi connectivity index (χ0n) is 19.7. The summed E-state index contributed by atoms with van der Waals surface area (Å²) < 4.78 is 23.3. The van der Waals surface area contributed by atoms with Crippen molar-refractivity contribution in [2.24, 2.45) is 0 Å². The number of halogens is 1. The number of aryl methyl sites for hydroxylation is 1. The first kappa shape index (κ1) is 22.9. The second kappa shape index (κ2) is 9.40. The van der Waals surface area contributed by atoms with E-state index in [1.807, 2.05) is 37.7 Å². The second-order valence-electron chi connectivity index (χ2n) is 8.61. The zero-order valence-corrected chi connectivity index (χ0v) is 20.5. The quantitative estimate of drug-likeness (QED) is 0.409. The van der Waals surface area contributed by atoms with Crippen LogP contribution in [0.15, 0.2) is 24.5 Å². The number of aromatic nitrogens is 4. The predicted molar refractivity (Wildman–Crippen MR) is 134 cm³/mol. The van der Waals surface area contributed by atoms with Crippen molar-refractivity contribution in [3.63, 3.8) is 0 Å². The van der Waals surface area contributed by atoms with Crippen molar-refractivity contribution < 1.29 is 9.13 Å². The molecule has 0 atom stereocenters. The Hall–Kier alpha value is -2.88. The first-order valence-electron chi connectivity index (χ1n) is 11.6. The van der Waals surface area contributed by atoms with Crippen molar-refractivity contribution in [1.29, 1.82) is 0 Å². The predicted octanol–water partition coefficient (Wildman–Crippen LogP) is 4.88. The Morgan fingerprint density at radius 2 is 2.00 bits per heavy atom. The van der Waals surface area contributed by atoms with Crippen molar-refractivity contribution in [1.82, 2.24) is 25.1 Å². The van der Waals surface area contributed by atoms with Gasteiger partial charge in [-0.2, -0.15) is 5.10 Å². The first-order valence-corrected chi connectivity index (χ1v) is 12.5. The molecule has 0 aliphatic carbocycles. The van der Waals surface area contributed by atoms with E-state index in [1.54, 1.807) is 23.7 Å². The monoisotopic (exact) mass is 480 g/mol. The van der Waals surface area contributed by atoms with E-state index in [2.05, 4.69) is 15.4 Å². The molecule has 1 saturated heterocycles. The van der Waals surface area contributed by atoms with Gasteiger partial charge in [0, 0.05) is 65.1 Å². The lowest BCUT2D eigenvalue weighted by atomic mass is 9.97. The lowest BCUT2D eigenvalue weighted by molar-refractivity contribution is 0.0858. The molecule has 0 saturated carbocycles. The van der Waals surface area contributed by atoms with E-state index < -0.39 is 0 Å². The summed E-state index contributed by atoms with van der Waals surface area (Å²) in [4.78, 5) is 10.6. The number of nitrogens with zero attached hydrogens (tertiary/aromatic N) is 4. The highest BCUT2D eigenvalue weighted by molar-refractivity contribution is 7.15. The van der Waals surface area contributed by atoms with Crippen LogP contribution < -0.4 is 11.1 Å². The van der Waals surface area contributed by atoms with Crippen LogP contribution in [0, 0.1) is 12.7 Å². The van der Waals surface area contributed by atoms with E-state index in [9.17, 15) is 0 Å². The molecule has 0 unspecified atom stereocenters. The minimum atomic E-state index is -0.375. The number of rotatable bonds is 6. The van der Waals surface area contributed by atoms with Gasteiger partial charge in [0.2, 0.25) is 0 Å². The van der Waals surface area contributed by atoms with Gasteiger partial charge in [0.1, 0.15) is 16.6 Å². The van der Waals surface area contributed by atoms with E-state index in [0.29, 0.717) is 23.4 Å². The van der Waals surface area contributed by atoms with Gasteiger partial charge in [0.25, 0.3) is 0 Å². The van der Waals surface area contributed by atoms with Gasteiger partial charge >= 0.3 is 0 Å². The second-order valence-corrected chi connectivity index (χ2v) is 9.64. The molecule has 7 nitrogen and oxygen atoms in total. The SMILES string of the molecule is CCn1ncc(-c2ccc3c(-c4nc(CNC)c(C5CCOCC5)s4)cnc(N)c3c2F)c1C. The first-order chi connectivity index (χ1) is 16.5. The number of hydrogen-bond acceptors (Lipinski definition) is 7. The molecular weight excluding hydrogens is 451 g/mol. The van der Waals surface area contributed by atoms with Crippen LogP contribution in [-0.2, 0) is 17.8 Å². The number of benzene rings is 1. The molecule has 9 heteroatoms. The summed E-state index contributed by atoms with van der Waals surface area (Å²) in [6.07, 6.45) is 5.40. The van der Waals surface area contributed by atoms with E-state index in [1.165, 1.54) is 4.88 Å². The van der Waals surface area contributed by atoms with Crippen molar-refractivity contribution in [3.8, 4) is 21.7 Å². The van der Waals surface area contributed by atoms with Gasteiger partial charge in [-0.15, -0.1) is 11.3 Å². The summed E-state index contributed by atoms with van der Waals surface area (Å²) in [5, 5.41) is 9.49. The molecule has 3 N–H and O–H groups in total. The van der Waals surface area contributed by atoms with Gasteiger partial charge in [-0.25, -0.2) is 14.4 Å². The molecule has 0 radical (unpaired) electrons. The lowest BCUT2D eigenvalue weighted by Gasteiger charge is -2.21. The molecule has 1 aromatic carbocycles. The van der Waals surface area contributed by atoms with E-state index >= 15 is 4.39 Å². The van der Waals surface area contributed by atoms with Gasteiger partial charge < -0.3 is 15.8 Å². The van der Waals surface area contributed by atoms with Crippen molar-refractivity contribution in [2.45, 2.75) is 45.7 Å². The van der Waals surface area contributed by atoms with Crippen LogP contribution >= 0.6 is 11.3 Å². The minimum Gasteiger partial charge on any atom is -0.383 e. The highest BCUT2D eigenvalue weighted by Crippen LogP contribution is 2.42. The largest absolute Gasteiger partial charge is 0.383 e. The molecule has 5 rings (SSSR count). The summed E-state index contributed by atoms with van der Waals surface area (Å²) >= 11 is 1.67. The smallest absolute Gasteiger partial charge is 0.142 e. The van der Waals surface area contributed by atoms with Crippen molar-refractivity contribution in [2.75, 3.05) is 26.0 Å². The molecule has 1 aliphatic rings. The van der Waals surface area contributed by atoms with Crippen LogP contribution in [0.4, 0.5) is 10.2 Å². The Balaban J connectivity index is 1.65. The lowest BCUT2D eigenvalue weighted by Crippen LogP contribution is -2.16. The molecule has 1 fully saturated rings. The topological polar surface area (TPSA) is 90.9 Å². The standard InChI is InChI=1S/C25H29FN6OS/c1-4-32-14(2)18(12-30-32)17-6-5-16-19(11-29-24(27)21(16)22(17)26)25-31-20(13-28-3)23(34-25)15-7-9-33-10-8-15/h5-6,11-12,15,28H,4,7-10,13H2,1-3H3,(H2,27,29). The highest BCUT2D eigenvalue weighted by Gasteiger charge is 2.25. The zero-order chi connectivity index (χ0) is 23.8. The minimum absolute atomic E-state index is 0.176. The summed E-state index contributed by atoms with van der Waals surface area (Å²) in [7, 11) is 1.92. The van der Waals surface area contributed by atoms with Crippen LogP contribution in [0.3, 0.4) is 0 Å². The van der Waals surface area contributed by atoms with Gasteiger partial charge in [-0.3, -0.25) is 4.68 Å². The molecule has 4 aromatic rings. The molecule has 34 heavy (non-hydrogen) atoms. The fourth-order valence-electron chi connectivity index (χ4n) is 4.78. The number of hydrogen-bond donors (Lipinski definition) is 2. The summed E-state index contributed by atoms with van der Waals surface area (Å²) in [5.74, 6) is 0.229. The third-order valence-corrected chi connectivity index (χ3v) is 7.90. The van der Waals surface area contributed by atoms with Gasteiger partial charge in [0.15, 0.2) is 0 Å². The Morgan fingerprint density at radius 3 is 2.71 bits per heavy atom. The van der Waals surface area contributed by atoms with E-state index in [-0.39, 0.29) is 11.6 Å². The maximum Gasteiger partial charge on any atom is 0.142 e. The fraction of sp³-hybridized carbons (Fsp3) is 0.400. The van der Waals surface area contributed by atoms with Crippen LogP contribution in [-0.4, -0.2) is 40.0 Å². The summed E-state index contributed by atoms with van der Waals surface area (Å²) in [6.45, 7) is 6.91. The van der Waals surface area contributed by atoms with Crippen LogP contribution in [0.25, 0.3) is 32.5 Å². The third-order valence-electron chi connectivity index (χ3n) is 6.61. The number of nitrogens with one attached hydrogen (secondary N) is 1. The Kier molecular flexibility index (Phi) is 6.33. The number of anilines is 1. The van der Waals surface area contributed by atoms with Crippen molar-refractivity contribution in [3.05, 3.63) is 46.6 Å². The average Bonchev–Trinajstić information content (AvgIpc) is 3.43. The summed E-state index contributed by atoms with van der Waals surface area (Å²) in [6, 6.07) is 3.74. The Morgan fingerprint density at radius 1 is 1.21 bits per heavy atom. The van der Waals surface area contributed by atoms with Gasteiger partial charge in [0.05, 0.1) is 17.3 Å². The molecule has 4 heterocycles. The number of thiazole rings is 1. The molecule has 1 aliphatic heterocycles. The fourth-order valence-corrected chi connectivity index (χ4v) is 6.05. The van der Waals surface area contributed by atoms with Crippen LogP contribution in [0.5, 0.6) is 0 Å². The molecule has 0 bridgehead atoms. The number of nitrogen functional groups attached to an aromatic ring is 1. The Bertz CT molecular complexity index is 1340. The molecular formula is C25H29FN6OS. The maximum absolute atomic E-state index is 15.9. The number of nitrogens with two attached hydrogens (primary N) is 1. The Labute approximate surface area is 202 Å². The summed E-state index contributed by atoms with van der Waals surface area (Å²) in [5.41, 5.74) is 10.2. The number of ether oxygens (including phenoxy) is 1. The maximum atomic E-state index is 15.9. The third kappa shape index (κ3) is 3.87. The highest BCUT2D eigenvalue weighted by atomic mass is 32.1. The van der Waals surface area contributed by atoms with Crippen LogP contribution in [0.1, 0.15) is 41.9 Å². The van der Waals surface area contributed by atoms with Gasteiger partial charge in [-0.1, -0.05) is 12.1 Å². The number of fused-ring (bicyclic) bond motifs is 1.